The summed E-state index contributed by atoms with van der Waals surface area (Å²) in [7, 11) is 0. The van der Waals surface area contributed by atoms with Crippen LogP contribution in [-0.4, -0.2) is 67.2 Å². The van der Waals surface area contributed by atoms with Crippen LogP contribution in [0.4, 0.5) is 0 Å². The second-order valence-corrected chi connectivity index (χ2v) is 8.08. The van der Waals surface area contributed by atoms with Crippen LogP contribution in [0.2, 0.25) is 0 Å². The van der Waals surface area contributed by atoms with Crippen LogP contribution in [0.1, 0.15) is 23.6 Å². The Morgan fingerprint density at radius 1 is 1.14 bits per heavy atom. The number of aryl methyl sites for hydroxylation is 2. The highest BCUT2D eigenvalue weighted by Crippen LogP contribution is 2.32. The number of morpholine rings is 1. The Bertz CT molecular complexity index is 987. The Morgan fingerprint density at radius 2 is 1.83 bits per heavy atom. The minimum Gasteiger partial charge on any atom is -0.480 e. The highest BCUT2D eigenvalue weighted by Gasteiger charge is 2.37. The van der Waals surface area contributed by atoms with E-state index in [0.717, 1.165) is 55.9 Å². The molecule has 2 saturated heterocycles. The molecule has 29 heavy (non-hydrogen) atoms. The van der Waals surface area contributed by atoms with Crippen molar-refractivity contribution in [2.45, 2.75) is 39.8 Å². The van der Waals surface area contributed by atoms with Gasteiger partial charge in [-0.3, -0.25) is 9.69 Å². The quantitative estimate of drug-likeness (QED) is 0.732. The van der Waals surface area contributed by atoms with Gasteiger partial charge in [-0.2, -0.15) is 0 Å². The van der Waals surface area contributed by atoms with Crippen LogP contribution in [0.25, 0.3) is 11.0 Å². The summed E-state index contributed by atoms with van der Waals surface area (Å²) >= 11 is 0. The fraction of sp³-hybridized carbons (Fsp3) is 0.545. The Morgan fingerprint density at radius 3 is 2.52 bits per heavy atom. The lowest BCUT2D eigenvalue weighted by Crippen LogP contribution is -2.64. The van der Waals surface area contributed by atoms with Crippen molar-refractivity contribution in [1.29, 1.82) is 0 Å². The zero-order valence-electron chi connectivity index (χ0n) is 17.5. The first-order chi connectivity index (χ1) is 13.8. The summed E-state index contributed by atoms with van der Waals surface area (Å²) in [5, 5.41) is 0.752. The maximum absolute atomic E-state index is 12.9. The second kappa shape index (κ2) is 7.80. The largest absolute Gasteiger partial charge is 0.480 e. The van der Waals surface area contributed by atoms with E-state index in [1.54, 1.807) is 13.8 Å². The smallest absolute Gasteiger partial charge is 0.339 e. The monoisotopic (exact) mass is 400 g/mol. The van der Waals surface area contributed by atoms with E-state index in [4.69, 9.17) is 13.9 Å². The van der Waals surface area contributed by atoms with E-state index in [1.165, 1.54) is 0 Å². The molecule has 156 valence electrons. The standard InChI is InChI=1S/C22H28N2O5/c1-13-9-18(20-14(2)15(3)22(26)29-19(20)10-13)28-16(4)21(25)24-11-17(12-24)23-5-7-27-8-6-23/h9-10,16-17H,5-8,11-12H2,1-4H3. The topological polar surface area (TPSA) is 72.2 Å². The molecule has 2 aromatic rings. The number of nitrogens with zero attached hydrogens (tertiary/aromatic N) is 2. The predicted molar refractivity (Wildman–Crippen MR) is 110 cm³/mol. The minimum atomic E-state index is -0.614. The maximum atomic E-state index is 12.9. The first kappa shape index (κ1) is 19.9. The maximum Gasteiger partial charge on any atom is 0.339 e. The number of hydrogen-bond donors (Lipinski definition) is 0. The van der Waals surface area contributed by atoms with E-state index in [1.807, 2.05) is 30.9 Å². The van der Waals surface area contributed by atoms with Gasteiger partial charge in [0.2, 0.25) is 0 Å². The molecular formula is C22H28N2O5. The summed E-state index contributed by atoms with van der Waals surface area (Å²) < 4.78 is 16.9. The van der Waals surface area contributed by atoms with Crippen LogP contribution in [0.15, 0.2) is 21.3 Å². The molecule has 3 heterocycles. The number of hydrogen-bond acceptors (Lipinski definition) is 6. The van der Waals surface area contributed by atoms with Crippen LogP contribution in [0, 0.1) is 20.8 Å². The molecule has 7 heteroatoms. The van der Waals surface area contributed by atoms with Crippen molar-refractivity contribution in [2.24, 2.45) is 0 Å². The van der Waals surface area contributed by atoms with Gasteiger partial charge in [0.05, 0.1) is 18.6 Å². The average molecular weight is 400 g/mol. The SMILES string of the molecule is Cc1cc(OC(C)C(=O)N2CC(N3CCOCC3)C2)c2c(C)c(C)c(=O)oc2c1. The number of likely N-dealkylation sites (tertiary alicyclic amines) is 1. The summed E-state index contributed by atoms with van der Waals surface area (Å²) in [6.45, 7) is 12.2. The first-order valence-electron chi connectivity index (χ1n) is 10.2. The van der Waals surface area contributed by atoms with E-state index in [9.17, 15) is 9.59 Å². The molecule has 0 bridgehead atoms. The molecule has 2 fully saturated rings. The highest BCUT2D eigenvalue weighted by atomic mass is 16.5. The molecule has 0 saturated carbocycles. The minimum absolute atomic E-state index is 0.0177. The van der Waals surface area contributed by atoms with Crippen LogP contribution >= 0.6 is 0 Å². The molecule has 1 aromatic carbocycles. The van der Waals surface area contributed by atoms with Gasteiger partial charge in [0.25, 0.3) is 5.91 Å². The van der Waals surface area contributed by atoms with E-state index in [-0.39, 0.29) is 11.5 Å². The Hall–Kier alpha value is -2.38. The molecule has 2 aliphatic rings. The first-order valence-corrected chi connectivity index (χ1v) is 10.2. The van der Waals surface area contributed by atoms with Crippen LogP contribution in [0.3, 0.4) is 0 Å². The Labute approximate surface area is 170 Å². The molecule has 1 atom stereocenters. The number of rotatable bonds is 4. The Kier molecular flexibility index (Phi) is 5.36. The lowest BCUT2D eigenvalue weighted by Gasteiger charge is -2.47. The fourth-order valence-electron chi connectivity index (χ4n) is 4.09. The third kappa shape index (κ3) is 3.76. The summed E-state index contributed by atoms with van der Waals surface area (Å²) in [5.74, 6) is 0.561. The molecule has 1 amide bonds. The van der Waals surface area contributed by atoms with Crippen molar-refractivity contribution in [3.8, 4) is 5.75 Å². The third-order valence-electron chi connectivity index (χ3n) is 6.04. The van der Waals surface area contributed by atoms with Crippen LogP contribution < -0.4 is 10.4 Å². The summed E-state index contributed by atoms with van der Waals surface area (Å²) in [4.78, 5) is 29.1. The Balaban J connectivity index is 1.49. The van der Waals surface area contributed by atoms with Crippen molar-refractivity contribution in [3.05, 3.63) is 39.2 Å². The van der Waals surface area contributed by atoms with Gasteiger partial charge >= 0.3 is 5.63 Å². The van der Waals surface area contributed by atoms with Crippen molar-refractivity contribution in [2.75, 3.05) is 39.4 Å². The number of fused-ring (bicyclic) bond motifs is 1. The van der Waals surface area contributed by atoms with Gasteiger partial charge in [-0.1, -0.05) is 0 Å². The highest BCUT2D eigenvalue weighted by molar-refractivity contribution is 5.89. The van der Waals surface area contributed by atoms with E-state index in [2.05, 4.69) is 4.90 Å². The fourth-order valence-corrected chi connectivity index (χ4v) is 4.09. The number of ether oxygens (including phenoxy) is 2. The van der Waals surface area contributed by atoms with E-state index >= 15 is 0 Å². The molecule has 4 rings (SSSR count). The number of carbonyl (C=O) groups excluding carboxylic acids is 1. The molecule has 0 spiro atoms. The zero-order chi connectivity index (χ0) is 20.7. The summed E-state index contributed by atoms with van der Waals surface area (Å²) in [6.07, 6.45) is -0.614. The molecule has 0 aliphatic carbocycles. The van der Waals surface area contributed by atoms with Crippen LogP contribution in [0.5, 0.6) is 5.75 Å². The van der Waals surface area contributed by atoms with Gasteiger partial charge in [0.15, 0.2) is 6.10 Å². The molecular weight excluding hydrogens is 372 g/mol. The number of amides is 1. The lowest BCUT2D eigenvalue weighted by molar-refractivity contribution is -0.146. The molecule has 1 unspecified atom stereocenters. The molecule has 0 N–H and O–H groups in total. The summed E-state index contributed by atoms with van der Waals surface area (Å²) in [5.41, 5.74) is 2.44. The van der Waals surface area contributed by atoms with Gasteiger partial charge in [0, 0.05) is 37.8 Å². The van der Waals surface area contributed by atoms with Crippen molar-refractivity contribution in [3.63, 3.8) is 0 Å². The van der Waals surface area contributed by atoms with Crippen molar-refractivity contribution >= 4 is 16.9 Å². The predicted octanol–water partition coefficient (Wildman–Crippen LogP) is 2.03. The van der Waals surface area contributed by atoms with Gasteiger partial charge in [0.1, 0.15) is 11.3 Å². The van der Waals surface area contributed by atoms with Crippen LogP contribution in [-0.2, 0) is 9.53 Å². The van der Waals surface area contributed by atoms with E-state index < -0.39 is 6.10 Å². The molecule has 0 radical (unpaired) electrons. The second-order valence-electron chi connectivity index (χ2n) is 8.08. The number of benzene rings is 1. The van der Waals surface area contributed by atoms with Gasteiger partial charge < -0.3 is 18.8 Å². The molecule has 7 nitrogen and oxygen atoms in total. The third-order valence-corrected chi connectivity index (χ3v) is 6.04. The molecule has 2 aliphatic heterocycles. The van der Waals surface area contributed by atoms with Gasteiger partial charge in [-0.05, 0) is 51.0 Å². The van der Waals surface area contributed by atoms with Gasteiger partial charge in [-0.15, -0.1) is 0 Å². The average Bonchev–Trinajstić information content (AvgIpc) is 2.65. The lowest BCUT2D eigenvalue weighted by atomic mass is 10.0. The van der Waals surface area contributed by atoms with Crippen molar-refractivity contribution in [1.82, 2.24) is 9.80 Å². The van der Waals surface area contributed by atoms with Crippen molar-refractivity contribution < 1.29 is 18.7 Å². The zero-order valence-corrected chi connectivity index (χ0v) is 17.5. The molecule has 1 aromatic heterocycles. The normalized spacial score (nSPS) is 19.2. The van der Waals surface area contributed by atoms with E-state index in [0.29, 0.717) is 22.9 Å². The number of carbonyl (C=O) groups is 1. The summed E-state index contributed by atoms with van der Waals surface area (Å²) in [6, 6.07) is 4.13. The van der Waals surface area contributed by atoms with Gasteiger partial charge in [-0.25, -0.2) is 4.79 Å².